The summed E-state index contributed by atoms with van der Waals surface area (Å²) in [4.78, 5) is 11.5. The van der Waals surface area contributed by atoms with E-state index < -0.39 is 13.3 Å². The first kappa shape index (κ1) is 32.0. The summed E-state index contributed by atoms with van der Waals surface area (Å²) in [6.45, 7) is 7.17. The monoisotopic (exact) mass is 522 g/mol. The van der Waals surface area contributed by atoms with Gasteiger partial charge in [0.2, 0.25) is 0 Å². The van der Waals surface area contributed by atoms with Gasteiger partial charge in [-0.3, -0.25) is 0 Å². The Hall–Kier alpha value is -0.0700. The Morgan fingerprint density at radius 2 is 1.56 bits per heavy atom. The summed E-state index contributed by atoms with van der Waals surface area (Å²) in [6, 6.07) is 0. The molecule has 1 aliphatic rings. The lowest BCUT2D eigenvalue weighted by molar-refractivity contribution is -0.0126. The van der Waals surface area contributed by atoms with Crippen LogP contribution in [-0.4, -0.2) is 35.9 Å². The zero-order valence-electron chi connectivity index (χ0n) is 22.0. The molecule has 0 heterocycles. The Morgan fingerprint density at radius 1 is 0.912 bits per heavy atom. The van der Waals surface area contributed by atoms with Crippen molar-refractivity contribution in [3.05, 3.63) is 0 Å². The number of rotatable bonds is 22. The average molecular weight is 523 g/mol. The van der Waals surface area contributed by atoms with E-state index in [4.69, 9.17) is 13.2 Å². The molecule has 8 heteroatoms. The first-order chi connectivity index (χ1) is 16.5. The molecule has 0 aliphatic heterocycles. The molecule has 34 heavy (non-hydrogen) atoms. The smallest absolute Gasteiger partial charge is 0.449 e. The van der Waals surface area contributed by atoms with Gasteiger partial charge in [-0.15, -0.1) is 0 Å². The van der Waals surface area contributed by atoms with Crippen molar-refractivity contribution in [1.29, 1.82) is 0 Å². The largest absolute Gasteiger partial charge is 0.472 e. The lowest BCUT2D eigenvalue weighted by atomic mass is 9.77. The fraction of sp³-hybridized carbons (Fsp3) is 0.962. The number of unbranched alkanes of at least 4 members (excludes halogenated alkanes) is 7. The summed E-state index contributed by atoms with van der Waals surface area (Å²) in [5.41, 5.74) is -1.52. The minimum absolute atomic E-state index is 0.108. The van der Waals surface area contributed by atoms with Crippen LogP contribution in [-0.2, 0) is 17.8 Å². The minimum atomic E-state index is -4.16. The van der Waals surface area contributed by atoms with Crippen molar-refractivity contribution >= 4 is 25.3 Å². The maximum absolute atomic E-state index is 12.6. The maximum atomic E-state index is 12.6. The molecule has 1 fully saturated rings. The Balaban J connectivity index is 2.60. The number of hydrogen-bond acceptors (Lipinski definition) is 6. The second-order valence-corrected chi connectivity index (χ2v) is 12.5. The Bertz CT molecular complexity index is 555. The number of hydrogen-bond donors (Lipinski definition) is 1. The minimum Gasteiger partial charge on any atom is -0.472 e. The fourth-order valence-corrected chi connectivity index (χ4v) is 7.19. The molecule has 6 nitrogen and oxygen atoms in total. The van der Waals surface area contributed by atoms with Gasteiger partial charge >= 0.3 is 13.3 Å². The van der Waals surface area contributed by atoms with Crippen LogP contribution in [0.3, 0.4) is 0 Å². The van der Waals surface area contributed by atoms with E-state index in [9.17, 15) is 14.5 Å². The third-order valence-corrected chi connectivity index (χ3v) is 9.47. The Morgan fingerprint density at radius 3 is 2.15 bits per heavy atom. The highest BCUT2D eigenvalue weighted by Crippen LogP contribution is 2.53. The molecule has 3 atom stereocenters. The summed E-state index contributed by atoms with van der Waals surface area (Å²) in [5.74, 6) is 1.40. The normalized spacial score (nSPS) is 18.4. The molecule has 1 rings (SSSR count). The Labute approximate surface area is 213 Å². The van der Waals surface area contributed by atoms with Gasteiger partial charge in [-0.05, 0) is 31.1 Å². The van der Waals surface area contributed by atoms with Crippen LogP contribution in [0.4, 0.5) is 4.79 Å². The van der Waals surface area contributed by atoms with Crippen molar-refractivity contribution in [3.8, 4) is 0 Å². The average Bonchev–Trinajstić information content (AvgIpc) is 2.84. The molecular formula is C26H51O6PS. The van der Waals surface area contributed by atoms with Gasteiger partial charge in [0.05, 0.1) is 12.7 Å². The third kappa shape index (κ3) is 13.3. The summed E-state index contributed by atoms with van der Waals surface area (Å²) in [6.07, 6.45) is 19.1. The van der Waals surface area contributed by atoms with E-state index in [0.717, 1.165) is 37.9 Å². The second-order valence-electron chi connectivity index (χ2n) is 9.71. The quantitative estimate of drug-likeness (QED) is 0.0861. The summed E-state index contributed by atoms with van der Waals surface area (Å²) >= 11 is 1.00. The highest BCUT2D eigenvalue weighted by molar-refractivity contribution is 8.00. The molecule has 0 saturated heterocycles. The van der Waals surface area contributed by atoms with Gasteiger partial charge in [0, 0.05) is 24.4 Å². The van der Waals surface area contributed by atoms with Crippen molar-refractivity contribution in [2.24, 2.45) is 11.8 Å². The van der Waals surface area contributed by atoms with Crippen LogP contribution in [0, 0.1) is 11.8 Å². The van der Waals surface area contributed by atoms with E-state index >= 15 is 0 Å². The molecule has 0 bridgehead atoms. The van der Waals surface area contributed by atoms with Crippen LogP contribution in [0.15, 0.2) is 0 Å². The summed E-state index contributed by atoms with van der Waals surface area (Å²) in [5, 5.41) is 9.36. The van der Waals surface area contributed by atoms with E-state index in [-0.39, 0.29) is 18.6 Å². The second kappa shape index (κ2) is 20.0. The van der Waals surface area contributed by atoms with E-state index in [1.807, 2.05) is 6.92 Å². The fourth-order valence-electron chi connectivity index (χ4n) is 4.78. The van der Waals surface area contributed by atoms with Crippen LogP contribution in [0.1, 0.15) is 124 Å². The SMILES string of the molecule is CCCCCCCCCCOC(CCC)C(CSOP(=O)(OCCC)C(=O)O)C1CCCCC1. The van der Waals surface area contributed by atoms with Crippen LogP contribution < -0.4 is 0 Å². The number of carbonyl (C=O) groups is 1. The van der Waals surface area contributed by atoms with Gasteiger partial charge in [-0.25, -0.2) is 13.3 Å². The molecule has 0 spiro atoms. The zero-order valence-corrected chi connectivity index (χ0v) is 23.7. The Kier molecular flexibility index (Phi) is 18.8. The molecule has 3 unspecified atom stereocenters. The first-order valence-electron chi connectivity index (χ1n) is 13.9. The van der Waals surface area contributed by atoms with Gasteiger partial charge in [-0.1, -0.05) is 104 Å². The highest BCUT2D eigenvalue weighted by atomic mass is 32.2. The lowest BCUT2D eigenvalue weighted by Gasteiger charge is -2.35. The van der Waals surface area contributed by atoms with E-state index in [1.165, 1.54) is 77.0 Å². The van der Waals surface area contributed by atoms with Gasteiger partial charge in [-0.2, -0.15) is 0 Å². The maximum Gasteiger partial charge on any atom is 0.449 e. The van der Waals surface area contributed by atoms with Gasteiger partial charge in [0.1, 0.15) is 0 Å². The van der Waals surface area contributed by atoms with Crippen molar-refractivity contribution in [2.45, 2.75) is 130 Å². The standard InChI is InChI=1S/C26H51O6PS/c1-4-7-8-9-10-11-12-16-21-30-25(17-5-2)24(23-18-14-13-15-19-23)22-34-32-33(29,26(27)28)31-20-6-3/h23-25H,4-22H2,1-3H3,(H,27,28). The molecule has 1 aliphatic carbocycles. The van der Waals surface area contributed by atoms with E-state index in [0.29, 0.717) is 18.1 Å². The molecule has 0 amide bonds. The van der Waals surface area contributed by atoms with E-state index in [1.54, 1.807) is 0 Å². The van der Waals surface area contributed by atoms with Crippen molar-refractivity contribution in [3.63, 3.8) is 0 Å². The van der Waals surface area contributed by atoms with Crippen LogP contribution in [0.25, 0.3) is 0 Å². The molecule has 1 saturated carbocycles. The molecule has 0 aromatic heterocycles. The summed E-state index contributed by atoms with van der Waals surface area (Å²) in [7, 11) is -4.16. The van der Waals surface area contributed by atoms with Gasteiger partial charge < -0.3 is 14.4 Å². The molecule has 0 radical (unpaired) electrons. The molecule has 0 aromatic carbocycles. The topological polar surface area (TPSA) is 82.1 Å². The van der Waals surface area contributed by atoms with Crippen molar-refractivity contribution in [2.75, 3.05) is 19.0 Å². The highest BCUT2D eigenvalue weighted by Gasteiger charge is 2.37. The van der Waals surface area contributed by atoms with Crippen LogP contribution in [0.5, 0.6) is 0 Å². The molecule has 1 N–H and O–H groups in total. The van der Waals surface area contributed by atoms with Crippen molar-refractivity contribution < 1.29 is 27.7 Å². The summed E-state index contributed by atoms with van der Waals surface area (Å²) < 4.78 is 29.5. The van der Waals surface area contributed by atoms with Gasteiger partial charge in [0.15, 0.2) is 0 Å². The van der Waals surface area contributed by atoms with Crippen LogP contribution >= 0.6 is 19.6 Å². The molecule has 202 valence electrons. The van der Waals surface area contributed by atoms with Gasteiger partial charge in [0.25, 0.3) is 0 Å². The number of carboxylic acid groups (broad SMARTS) is 1. The van der Waals surface area contributed by atoms with E-state index in [2.05, 4.69) is 13.8 Å². The van der Waals surface area contributed by atoms with Crippen LogP contribution in [0.2, 0.25) is 0 Å². The third-order valence-electron chi connectivity index (χ3n) is 6.75. The predicted molar refractivity (Wildman–Crippen MR) is 143 cm³/mol. The zero-order chi connectivity index (χ0) is 25.1. The predicted octanol–water partition coefficient (Wildman–Crippen LogP) is 9.47. The molecular weight excluding hydrogens is 471 g/mol. The number of ether oxygens (including phenoxy) is 1. The first-order valence-corrected chi connectivity index (χ1v) is 16.3. The van der Waals surface area contributed by atoms with Crippen molar-refractivity contribution in [1.82, 2.24) is 0 Å². The molecule has 0 aromatic rings. The lowest BCUT2D eigenvalue weighted by Crippen LogP contribution is -2.34.